The van der Waals surface area contributed by atoms with Crippen LogP contribution in [-0.4, -0.2) is 60.4 Å². The molecule has 172 valence electrons. The minimum absolute atomic E-state index is 0.0972. The van der Waals surface area contributed by atoms with E-state index in [9.17, 15) is 14.7 Å². The Balaban J connectivity index is 1.43. The monoisotopic (exact) mass is 459 g/mol. The molecule has 1 atom stereocenters. The highest BCUT2D eigenvalue weighted by Gasteiger charge is 2.50. The zero-order chi connectivity index (χ0) is 22.7. The van der Waals surface area contributed by atoms with E-state index in [0.29, 0.717) is 17.3 Å². The van der Waals surface area contributed by atoms with E-state index >= 15 is 0 Å². The lowest BCUT2D eigenvalue weighted by Crippen LogP contribution is -2.50. The minimum Gasteiger partial charge on any atom is -0.436 e. The van der Waals surface area contributed by atoms with Crippen LogP contribution >= 0.6 is 11.6 Å². The topological polar surface area (TPSA) is 82.1 Å². The van der Waals surface area contributed by atoms with E-state index in [1.54, 1.807) is 12.1 Å². The van der Waals surface area contributed by atoms with Gasteiger partial charge in [0.25, 0.3) is 0 Å². The molecule has 1 saturated carbocycles. The second-order valence-electron chi connectivity index (χ2n) is 9.09. The SMILES string of the molecule is C#CCOC(=O)Nc1ccc(N2CCC[C@@]3(CCN(C4CCC(O)CC4)C3=O)C2)c(Cl)c1. The van der Waals surface area contributed by atoms with Crippen LogP contribution in [0, 0.1) is 17.8 Å². The van der Waals surface area contributed by atoms with E-state index in [1.807, 2.05) is 6.07 Å². The number of nitrogens with zero attached hydrogens (tertiary/aromatic N) is 2. The fourth-order valence-corrected chi connectivity index (χ4v) is 5.68. The highest BCUT2D eigenvalue weighted by atomic mass is 35.5. The van der Waals surface area contributed by atoms with Gasteiger partial charge in [0, 0.05) is 31.4 Å². The third-order valence-electron chi connectivity index (χ3n) is 7.05. The molecule has 2 heterocycles. The van der Waals surface area contributed by atoms with Crippen molar-refractivity contribution in [2.75, 3.05) is 36.5 Å². The van der Waals surface area contributed by atoms with Crippen molar-refractivity contribution in [3.63, 3.8) is 0 Å². The molecule has 0 bridgehead atoms. The normalized spacial score (nSPS) is 28.0. The lowest BCUT2D eigenvalue weighted by Gasteiger charge is -2.41. The number of piperidine rings is 1. The minimum atomic E-state index is -0.629. The molecule has 32 heavy (non-hydrogen) atoms. The first-order valence-corrected chi connectivity index (χ1v) is 11.7. The molecule has 0 aromatic heterocycles. The number of amides is 2. The van der Waals surface area contributed by atoms with E-state index in [2.05, 4.69) is 21.0 Å². The summed E-state index contributed by atoms with van der Waals surface area (Å²) in [5.41, 5.74) is 1.02. The zero-order valence-electron chi connectivity index (χ0n) is 18.2. The van der Waals surface area contributed by atoms with Crippen molar-refractivity contribution in [1.29, 1.82) is 0 Å². The fourth-order valence-electron chi connectivity index (χ4n) is 5.38. The molecule has 1 aromatic carbocycles. The Kier molecular flexibility index (Phi) is 6.82. The number of carbonyl (C=O) groups is 2. The van der Waals surface area contributed by atoms with Crippen molar-refractivity contribution in [3.8, 4) is 12.3 Å². The number of nitrogens with one attached hydrogen (secondary N) is 1. The standard InChI is InChI=1S/C24H30ClN3O4/c1-2-14-32-23(31)26-17-4-9-21(20(25)15-17)27-12-3-10-24(16-27)11-13-28(22(24)30)18-5-7-19(29)8-6-18/h1,4,9,15,18-19,29H,3,5-8,10-14,16H2,(H,26,31)/t18?,19?,24-/m1/s1. The number of carbonyl (C=O) groups excluding carboxylic acids is 2. The van der Waals surface area contributed by atoms with Gasteiger partial charge in [0.1, 0.15) is 0 Å². The highest BCUT2D eigenvalue weighted by Crippen LogP contribution is 2.44. The molecular weight excluding hydrogens is 430 g/mol. The molecule has 1 aliphatic carbocycles. The van der Waals surface area contributed by atoms with Crippen molar-refractivity contribution in [1.82, 2.24) is 4.90 Å². The molecule has 2 saturated heterocycles. The molecule has 0 unspecified atom stereocenters. The predicted molar refractivity (Wildman–Crippen MR) is 124 cm³/mol. The van der Waals surface area contributed by atoms with E-state index in [1.165, 1.54) is 0 Å². The van der Waals surface area contributed by atoms with Gasteiger partial charge in [0.05, 0.1) is 22.2 Å². The summed E-state index contributed by atoms with van der Waals surface area (Å²) in [6.07, 6.45) is 10.3. The number of hydrogen-bond donors (Lipinski definition) is 2. The van der Waals surface area contributed by atoms with E-state index in [-0.39, 0.29) is 30.1 Å². The molecule has 2 N–H and O–H groups in total. The van der Waals surface area contributed by atoms with Crippen molar-refractivity contribution in [2.45, 2.75) is 57.1 Å². The van der Waals surface area contributed by atoms with Gasteiger partial charge in [-0.3, -0.25) is 10.1 Å². The molecule has 3 fully saturated rings. The summed E-state index contributed by atoms with van der Waals surface area (Å²) < 4.78 is 4.83. The number of likely N-dealkylation sites (tertiary alicyclic amines) is 1. The number of halogens is 1. The number of benzene rings is 1. The molecule has 2 aliphatic heterocycles. The van der Waals surface area contributed by atoms with Crippen LogP contribution < -0.4 is 10.2 Å². The summed E-state index contributed by atoms with van der Waals surface area (Å²) >= 11 is 6.56. The van der Waals surface area contributed by atoms with Gasteiger partial charge in [-0.15, -0.1) is 6.42 Å². The number of ether oxygens (including phenoxy) is 1. The highest BCUT2D eigenvalue weighted by molar-refractivity contribution is 6.33. The van der Waals surface area contributed by atoms with Gasteiger partial charge >= 0.3 is 6.09 Å². The Morgan fingerprint density at radius 1 is 1.28 bits per heavy atom. The summed E-state index contributed by atoms with van der Waals surface area (Å²) in [6, 6.07) is 5.59. The van der Waals surface area contributed by atoms with Crippen molar-refractivity contribution < 1.29 is 19.4 Å². The van der Waals surface area contributed by atoms with Gasteiger partial charge in [-0.1, -0.05) is 17.5 Å². The average molecular weight is 460 g/mol. The van der Waals surface area contributed by atoms with Gasteiger partial charge in [-0.05, 0) is 63.1 Å². The van der Waals surface area contributed by atoms with Gasteiger partial charge in [-0.25, -0.2) is 4.79 Å². The van der Waals surface area contributed by atoms with Crippen molar-refractivity contribution >= 4 is 35.0 Å². The number of aliphatic hydroxyl groups is 1. The Morgan fingerprint density at radius 3 is 2.78 bits per heavy atom. The zero-order valence-corrected chi connectivity index (χ0v) is 18.9. The van der Waals surface area contributed by atoms with Crippen LogP contribution in [0.3, 0.4) is 0 Å². The number of hydrogen-bond acceptors (Lipinski definition) is 5. The summed E-state index contributed by atoms with van der Waals surface area (Å²) in [5, 5.41) is 12.9. The Hall–Kier alpha value is -2.43. The third kappa shape index (κ3) is 4.67. The van der Waals surface area contributed by atoms with Gasteiger partial charge < -0.3 is 19.6 Å². The lowest BCUT2D eigenvalue weighted by atomic mass is 9.78. The molecule has 2 amide bonds. The maximum Gasteiger partial charge on any atom is 0.412 e. The van der Waals surface area contributed by atoms with Crippen LogP contribution in [0.1, 0.15) is 44.9 Å². The summed E-state index contributed by atoms with van der Waals surface area (Å²) in [4.78, 5) is 29.5. The Morgan fingerprint density at radius 2 is 2.06 bits per heavy atom. The van der Waals surface area contributed by atoms with Gasteiger partial charge in [-0.2, -0.15) is 0 Å². The summed E-state index contributed by atoms with van der Waals surface area (Å²) in [5.74, 6) is 2.50. The number of anilines is 2. The molecular formula is C24H30ClN3O4. The maximum atomic E-state index is 13.5. The Labute approximate surface area is 194 Å². The third-order valence-corrected chi connectivity index (χ3v) is 7.35. The molecule has 0 radical (unpaired) electrons. The predicted octanol–water partition coefficient (Wildman–Crippen LogP) is 3.64. The molecule has 3 aliphatic rings. The summed E-state index contributed by atoms with van der Waals surface area (Å²) in [6.45, 7) is 2.18. The van der Waals surface area contributed by atoms with Crippen molar-refractivity contribution in [2.24, 2.45) is 5.41 Å². The first-order valence-electron chi connectivity index (χ1n) is 11.3. The quantitative estimate of drug-likeness (QED) is 0.672. The molecule has 4 rings (SSSR count). The van der Waals surface area contributed by atoms with Gasteiger partial charge in [0.2, 0.25) is 5.91 Å². The number of aliphatic hydroxyl groups excluding tert-OH is 1. The maximum absolute atomic E-state index is 13.5. The number of terminal acetylenes is 1. The fraction of sp³-hybridized carbons (Fsp3) is 0.583. The van der Waals surface area contributed by atoms with Crippen LogP contribution in [0.15, 0.2) is 18.2 Å². The largest absolute Gasteiger partial charge is 0.436 e. The molecule has 7 nitrogen and oxygen atoms in total. The molecule has 1 aromatic rings. The first kappa shape index (κ1) is 22.8. The van der Waals surface area contributed by atoms with Crippen LogP contribution in [0.2, 0.25) is 5.02 Å². The van der Waals surface area contributed by atoms with E-state index in [0.717, 1.165) is 63.7 Å². The van der Waals surface area contributed by atoms with Crippen LogP contribution in [0.25, 0.3) is 0 Å². The van der Waals surface area contributed by atoms with Crippen molar-refractivity contribution in [3.05, 3.63) is 23.2 Å². The molecule has 8 heteroatoms. The first-order chi connectivity index (χ1) is 15.4. The van der Waals surface area contributed by atoms with Crippen LogP contribution in [-0.2, 0) is 9.53 Å². The lowest BCUT2D eigenvalue weighted by molar-refractivity contribution is -0.139. The van der Waals surface area contributed by atoms with Gasteiger partial charge in [0.15, 0.2) is 6.61 Å². The van der Waals surface area contributed by atoms with Crippen LogP contribution in [0.4, 0.5) is 16.2 Å². The second-order valence-corrected chi connectivity index (χ2v) is 9.49. The van der Waals surface area contributed by atoms with E-state index in [4.69, 9.17) is 22.8 Å². The van der Waals surface area contributed by atoms with E-state index < -0.39 is 6.09 Å². The number of rotatable bonds is 4. The second kappa shape index (κ2) is 9.60. The smallest absolute Gasteiger partial charge is 0.412 e. The summed E-state index contributed by atoms with van der Waals surface area (Å²) in [7, 11) is 0. The Bertz CT molecular complexity index is 909. The van der Waals surface area contributed by atoms with Crippen LogP contribution in [0.5, 0.6) is 0 Å². The average Bonchev–Trinajstić information content (AvgIpc) is 3.08. The molecule has 1 spiro atoms.